The summed E-state index contributed by atoms with van der Waals surface area (Å²) >= 11 is 0. The molecule has 1 aromatic rings. The fourth-order valence-corrected chi connectivity index (χ4v) is 2.10. The molecule has 0 atom stereocenters. The monoisotopic (exact) mass is 261 g/mol. The van der Waals surface area contributed by atoms with Crippen molar-refractivity contribution in [2.45, 2.75) is 51.9 Å². The van der Waals surface area contributed by atoms with Gasteiger partial charge < -0.3 is 4.74 Å². The number of hydrogen-bond acceptors (Lipinski definition) is 2. The molecular weight excluding hydrogens is 234 g/mol. The fraction of sp³-hybridized carbons (Fsp3) is 0.588. The molecule has 0 N–H and O–H groups in total. The van der Waals surface area contributed by atoms with Crippen molar-refractivity contribution in [3.05, 3.63) is 41.7 Å². The third kappa shape index (κ3) is 7.78. The van der Waals surface area contributed by atoms with E-state index in [0.717, 1.165) is 38.0 Å². The first-order valence-electron chi connectivity index (χ1n) is 7.29. The fourth-order valence-electron chi connectivity index (χ4n) is 2.10. The molecule has 19 heavy (non-hydrogen) atoms. The third-order valence-corrected chi connectivity index (χ3v) is 3.35. The van der Waals surface area contributed by atoms with Crippen molar-refractivity contribution >= 4 is 0 Å². The summed E-state index contributed by atoms with van der Waals surface area (Å²) in [7, 11) is 1.76. The molecule has 0 unspecified atom stereocenters. The molecule has 0 saturated heterocycles. The van der Waals surface area contributed by atoms with E-state index in [2.05, 4.69) is 23.7 Å². The van der Waals surface area contributed by atoms with Gasteiger partial charge in [-0.25, -0.2) is 0 Å². The van der Waals surface area contributed by atoms with Crippen LogP contribution in [-0.4, -0.2) is 18.7 Å². The third-order valence-electron chi connectivity index (χ3n) is 3.35. The van der Waals surface area contributed by atoms with Crippen LogP contribution in [0.25, 0.3) is 0 Å². The van der Waals surface area contributed by atoms with Gasteiger partial charge in [-0.05, 0) is 63.5 Å². The number of hydrogen-bond donors (Lipinski definition) is 0. The van der Waals surface area contributed by atoms with E-state index in [-0.39, 0.29) is 0 Å². The van der Waals surface area contributed by atoms with Crippen LogP contribution >= 0.6 is 0 Å². The molecule has 1 aromatic heterocycles. The lowest BCUT2D eigenvalue weighted by Gasteiger charge is -2.06. The van der Waals surface area contributed by atoms with E-state index in [4.69, 9.17) is 4.74 Å². The minimum atomic E-state index is 0.869. The maximum absolute atomic E-state index is 5.04. The highest BCUT2D eigenvalue weighted by atomic mass is 16.5. The van der Waals surface area contributed by atoms with Gasteiger partial charge in [0.1, 0.15) is 0 Å². The van der Waals surface area contributed by atoms with Crippen molar-refractivity contribution in [2.75, 3.05) is 13.7 Å². The van der Waals surface area contributed by atoms with E-state index in [1.807, 2.05) is 13.1 Å². The van der Waals surface area contributed by atoms with Gasteiger partial charge in [0.15, 0.2) is 0 Å². The highest BCUT2D eigenvalue weighted by Crippen LogP contribution is 2.14. The molecule has 0 fully saturated rings. The van der Waals surface area contributed by atoms with E-state index in [0.29, 0.717) is 0 Å². The molecule has 106 valence electrons. The number of aryl methyl sites for hydroxylation is 2. The van der Waals surface area contributed by atoms with Gasteiger partial charge in [0, 0.05) is 25.6 Å². The number of unbranched alkanes of at least 4 members (excludes halogenated alkanes) is 2. The largest absolute Gasteiger partial charge is 0.385 e. The van der Waals surface area contributed by atoms with Gasteiger partial charge in [-0.1, -0.05) is 18.2 Å². The highest BCUT2D eigenvalue weighted by molar-refractivity contribution is 5.13. The normalized spacial score (nSPS) is 10.6. The van der Waals surface area contributed by atoms with Crippen molar-refractivity contribution in [3.8, 4) is 0 Å². The van der Waals surface area contributed by atoms with Gasteiger partial charge in [0.05, 0.1) is 0 Å². The Labute approximate surface area is 117 Å². The molecule has 0 saturated carbocycles. The average molecular weight is 261 g/mol. The number of ether oxygens (including phenoxy) is 1. The van der Waals surface area contributed by atoms with Crippen LogP contribution in [0.3, 0.4) is 0 Å². The van der Waals surface area contributed by atoms with Crippen molar-refractivity contribution < 1.29 is 4.74 Å². The van der Waals surface area contributed by atoms with Gasteiger partial charge in [-0.3, -0.25) is 4.98 Å². The summed E-state index contributed by atoms with van der Waals surface area (Å²) in [6.45, 7) is 7.05. The molecule has 1 rings (SSSR count). The second-order valence-corrected chi connectivity index (χ2v) is 5.21. The van der Waals surface area contributed by atoms with Gasteiger partial charge in [-0.2, -0.15) is 0 Å². The zero-order valence-corrected chi connectivity index (χ0v) is 12.5. The summed E-state index contributed by atoms with van der Waals surface area (Å²) in [5.41, 5.74) is 3.82. The van der Waals surface area contributed by atoms with Crippen molar-refractivity contribution in [1.29, 1.82) is 0 Å². The predicted octanol–water partition coefficient (Wildman–Crippen LogP) is 4.48. The number of nitrogens with zero attached hydrogens (tertiary/aromatic N) is 1. The van der Waals surface area contributed by atoms with Gasteiger partial charge >= 0.3 is 0 Å². The smallest absolute Gasteiger partial charge is 0.0462 e. The number of aromatic nitrogens is 1. The Kier molecular flexibility index (Phi) is 8.15. The Balaban J connectivity index is 2.03. The van der Waals surface area contributed by atoms with Crippen LogP contribution in [0.4, 0.5) is 0 Å². The second kappa shape index (κ2) is 9.74. The summed E-state index contributed by atoms with van der Waals surface area (Å²) in [5, 5.41) is 0. The summed E-state index contributed by atoms with van der Waals surface area (Å²) in [6.07, 6.45) is 10.2. The van der Waals surface area contributed by atoms with Gasteiger partial charge in [0.2, 0.25) is 0 Å². The van der Waals surface area contributed by atoms with E-state index in [9.17, 15) is 0 Å². The van der Waals surface area contributed by atoms with Crippen LogP contribution in [0.1, 0.15) is 49.8 Å². The quantitative estimate of drug-likeness (QED) is 0.458. The molecule has 0 amide bonds. The Hall–Kier alpha value is -1.15. The maximum Gasteiger partial charge on any atom is 0.0462 e. The van der Waals surface area contributed by atoms with Crippen LogP contribution in [0.2, 0.25) is 0 Å². The van der Waals surface area contributed by atoms with Crippen molar-refractivity contribution in [3.63, 3.8) is 0 Å². The lowest BCUT2D eigenvalue weighted by atomic mass is 10.0. The predicted molar refractivity (Wildman–Crippen MR) is 81.4 cm³/mol. The van der Waals surface area contributed by atoms with Crippen molar-refractivity contribution in [2.24, 2.45) is 0 Å². The van der Waals surface area contributed by atoms with Crippen LogP contribution in [0, 0.1) is 6.92 Å². The number of pyridine rings is 1. The molecule has 0 aliphatic rings. The Bertz CT molecular complexity index is 356. The SMILES string of the molecule is C=C(CCCCOC)CCCCc1ccc(C)nc1. The molecule has 1 heterocycles. The van der Waals surface area contributed by atoms with Gasteiger partial charge in [0.25, 0.3) is 0 Å². The van der Waals surface area contributed by atoms with E-state index >= 15 is 0 Å². The molecule has 0 radical (unpaired) electrons. The number of methoxy groups -OCH3 is 1. The first-order valence-corrected chi connectivity index (χ1v) is 7.29. The molecule has 2 nitrogen and oxygen atoms in total. The van der Waals surface area contributed by atoms with E-state index < -0.39 is 0 Å². The molecule has 0 aromatic carbocycles. The van der Waals surface area contributed by atoms with Crippen LogP contribution in [0.5, 0.6) is 0 Å². The zero-order chi connectivity index (χ0) is 13.9. The number of allylic oxidation sites excluding steroid dienone is 1. The Morgan fingerprint density at radius 2 is 1.89 bits per heavy atom. The van der Waals surface area contributed by atoms with Crippen LogP contribution in [-0.2, 0) is 11.2 Å². The maximum atomic E-state index is 5.04. The van der Waals surface area contributed by atoms with Crippen molar-refractivity contribution in [1.82, 2.24) is 4.98 Å². The molecule has 0 aliphatic carbocycles. The summed E-state index contributed by atoms with van der Waals surface area (Å²) in [4.78, 5) is 4.32. The highest BCUT2D eigenvalue weighted by Gasteiger charge is 1.98. The second-order valence-electron chi connectivity index (χ2n) is 5.21. The van der Waals surface area contributed by atoms with Gasteiger partial charge in [-0.15, -0.1) is 0 Å². The van der Waals surface area contributed by atoms with Crippen LogP contribution < -0.4 is 0 Å². The first kappa shape index (κ1) is 15.9. The molecule has 0 spiro atoms. The molecule has 2 heteroatoms. The minimum absolute atomic E-state index is 0.869. The number of rotatable bonds is 10. The zero-order valence-electron chi connectivity index (χ0n) is 12.5. The topological polar surface area (TPSA) is 22.1 Å². The van der Waals surface area contributed by atoms with Crippen LogP contribution in [0.15, 0.2) is 30.5 Å². The lowest BCUT2D eigenvalue weighted by molar-refractivity contribution is 0.193. The summed E-state index contributed by atoms with van der Waals surface area (Å²) in [5.74, 6) is 0. The van der Waals surface area contributed by atoms with E-state index in [1.54, 1.807) is 7.11 Å². The Morgan fingerprint density at radius 3 is 2.53 bits per heavy atom. The average Bonchev–Trinajstić information content (AvgIpc) is 2.42. The molecule has 0 bridgehead atoms. The lowest BCUT2D eigenvalue weighted by Crippen LogP contribution is -1.91. The standard InChI is InChI=1S/C17H27NO/c1-15(9-6-7-13-19-3)8-4-5-10-17-12-11-16(2)18-14-17/h11-12,14H,1,4-10,13H2,2-3H3. The summed E-state index contributed by atoms with van der Waals surface area (Å²) in [6, 6.07) is 4.27. The minimum Gasteiger partial charge on any atom is -0.385 e. The molecule has 0 aliphatic heterocycles. The molecular formula is C17H27NO. The first-order chi connectivity index (χ1) is 9.22. The summed E-state index contributed by atoms with van der Waals surface area (Å²) < 4.78 is 5.04. The van der Waals surface area contributed by atoms with E-state index in [1.165, 1.54) is 30.4 Å². The Morgan fingerprint density at radius 1 is 1.16 bits per heavy atom.